The Morgan fingerprint density at radius 1 is 0.762 bits per heavy atom. The van der Waals surface area contributed by atoms with E-state index in [0.717, 1.165) is 12.8 Å². The molecule has 0 aliphatic heterocycles. The van der Waals surface area contributed by atoms with Crippen molar-refractivity contribution in [3.8, 4) is 0 Å². The SMILES string of the molecule is CCCCCCCC/C=C\CCCCCCCC(=O)O.[Cl-]. The molecule has 0 aromatic heterocycles. The first kappa shape index (κ1) is 22.8. The maximum Gasteiger partial charge on any atom is 0.303 e. The summed E-state index contributed by atoms with van der Waals surface area (Å²) in [5.41, 5.74) is 0. The quantitative estimate of drug-likeness (QED) is 0.372. The lowest BCUT2D eigenvalue weighted by Crippen LogP contribution is -3.00. The maximum atomic E-state index is 10.3. The van der Waals surface area contributed by atoms with Gasteiger partial charge in [0.1, 0.15) is 0 Å². The van der Waals surface area contributed by atoms with E-state index in [1.54, 1.807) is 0 Å². The summed E-state index contributed by atoms with van der Waals surface area (Å²) >= 11 is 0. The second-order valence-electron chi connectivity index (χ2n) is 5.73. The smallest absolute Gasteiger partial charge is 0.303 e. The van der Waals surface area contributed by atoms with E-state index in [2.05, 4.69) is 19.1 Å². The van der Waals surface area contributed by atoms with E-state index in [1.165, 1.54) is 70.6 Å². The van der Waals surface area contributed by atoms with Crippen LogP contribution in [0.15, 0.2) is 12.2 Å². The molecule has 0 saturated carbocycles. The number of hydrogen-bond acceptors (Lipinski definition) is 1. The van der Waals surface area contributed by atoms with E-state index >= 15 is 0 Å². The summed E-state index contributed by atoms with van der Waals surface area (Å²) in [6, 6.07) is 0. The van der Waals surface area contributed by atoms with E-state index < -0.39 is 5.97 Å². The van der Waals surface area contributed by atoms with Crippen molar-refractivity contribution in [1.82, 2.24) is 0 Å². The Bertz CT molecular complexity index is 239. The van der Waals surface area contributed by atoms with Gasteiger partial charge in [0.05, 0.1) is 0 Å². The van der Waals surface area contributed by atoms with Crippen molar-refractivity contribution in [2.75, 3.05) is 0 Å². The molecule has 126 valence electrons. The molecule has 0 fully saturated rings. The predicted octanol–water partition coefficient (Wildman–Crippen LogP) is 3.11. The zero-order valence-corrected chi connectivity index (χ0v) is 14.5. The first-order valence-corrected chi connectivity index (χ1v) is 8.64. The normalized spacial score (nSPS) is 10.7. The second-order valence-corrected chi connectivity index (χ2v) is 5.73. The highest BCUT2D eigenvalue weighted by Gasteiger charge is 1.95. The number of carboxylic acid groups (broad SMARTS) is 1. The molecule has 0 rings (SSSR count). The number of hydrogen-bond donors (Lipinski definition) is 1. The van der Waals surface area contributed by atoms with Crippen molar-refractivity contribution in [3.05, 3.63) is 12.2 Å². The van der Waals surface area contributed by atoms with E-state index in [4.69, 9.17) is 5.11 Å². The van der Waals surface area contributed by atoms with Crippen LogP contribution in [0, 0.1) is 0 Å². The van der Waals surface area contributed by atoms with Crippen LogP contribution in [0.5, 0.6) is 0 Å². The van der Waals surface area contributed by atoms with E-state index in [9.17, 15) is 4.79 Å². The van der Waals surface area contributed by atoms with Crippen molar-refractivity contribution >= 4 is 5.97 Å². The van der Waals surface area contributed by atoms with Crippen molar-refractivity contribution < 1.29 is 22.3 Å². The van der Waals surface area contributed by atoms with Crippen LogP contribution in [0.4, 0.5) is 0 Å². The topological polar surface area (TPSA) is 37.3 Å². The standard InChI is InChI=1S/C18H34O2.ClH/c1-2-3-4-5-6-7-8-9-10-11-12-13-14-15-16-17-18(19)20;/h9-10H,2-8,11-17H2,1H3,(H,19,20);1H/p-1/b10-9-;. The van der Waals surface area contributed by atoms with E-state index in [1.807, 2.05) is 0 Å². The van der Waals surface area contributed by atoms with Gasteiger partial charge >= 0.3 is 5.97 Å². The van der Waals surface area contributed by atoms with Gasteiger partial charge in [-0.3, -0.25) is 4.79 Å². The van der Waals surface area contributed by atoms with Crippen LogP contribution in [0.2, 0.25) is 0 Å². The van der Waals surface area contributed by atoms with Crippen molar-refractivity contribution in [1.29, 1.82) is 0 Å². The molecule has 0 saturated heterocycles. The lowest BCUT2D eigenvalue weighted by atomic mass is 10.1. The minimum absolute atomic E-state index is 0. The Labute approximate surface area is 137 Å². The minimum Gasteiger partial charge on any atom is -1.00 e. The molecule has 0 spiro atoms. The summed E-state index contributed by atoms with van der Waals surface area (Å²) < 4.78 is 0. The molecule has 0 aliphatic rings. The van der Waals surface area contributed by atoms with Crippen LogP contribution >= 0.6 is 0 Å². The van der Waals surface area contributed by atoms with Gasteiger partial charge < -0.3 is 17.5 Å². The third-order valence-electron chi connectivity index (χ3n) is 3.65. The van der Waals surface area contributed by atoms with Crippen molar-refractivity contribution in [3.63, 3.8) is 0 Å². The summed E-state index contributed by atoms with van der Waals surface area (Å²) in [6.45, 7) is 2.26. The molecular formula is C18H34ClO2-. The zero-order valence-electron chi connectivity index (χ0n) is 13.8. The molecule has 1 N–H and O–H groups in total. The van der Waals surface area contributed by atoms with Gasteiger partial charge in [-0.1, -0.05) is 70.4 Å². The molecule has 21 heavy (non-hydrogen) atoms. The van der Waals surface area contributed by atoms with Crippen LogP contribution in [0.3, 0.4) is 0 Å². The molecule has 0 amide bonds. The number of aliphatic carboxylic acids is 1. The third kappa shape index (κ3) is 21.9. The van der Waals surface area contributed by atoms with Crippen molar-refractivity contribution in [2.24, 2.45) is 0 Å². The number of unbranched alkanes of at least 4 members (excludes halogenated alkanes) is 11. The summed E-state index contributed by atoms with van der Waals surface area (Å²) in [5.74, 6) is -0.664. The second kappa shape index (κ2) is 19.5. The lowest BCUT2D eigenvalue weighted by molar-refractivity contribution is -0.137. The monoisotopic (exact) mass is 317 g/mol. The van der Waals surface area contributed by atoms with Gasteiger partial charge in [0.15, 0.2) is 0 Å². The molecule has 0 aliphatic carbocycles. The van der Waals surface area contributed by atoms with Crippen LogP contribution < -0.4 is 12.4 Å². The van der Waals surface area contributed by atoms with Gasteiger partial charge in [-0.25, -0.2) is 0 Å². The highest BCUT2D eigenvalue weighted by Crippen LogP contribution is 2.09. The molecule has 3 heteroatoms. The highest BCUT2D eigenvalue weighted by molar-refractivity contribution is 5.66. The summed E-state index contributed by atoms with van der Waals surface area (Å²) in [7, 11) is 0. The van der Waals surface area contributed by atoms with E-state index in [0.29, 0.717) is 6.42 Å². The number of rotatable bonds is 15. The molecule has 2 nitrogen and oxygen atoms in total. The molecular weight excluding hydrogens is 284 g/mol. The fraction of sp³-hybridized carbons (Fsp3) is 0.833. The summed E-state index contributed by atoms with van der Waals surface area (Å²) in [5, 5.41) is 8.51. The Morgan fingerprint density at radius 3 is 1.67 bits per heavy atom. The number of allylic oxidation sites excluding steroid dienone is 2. The van der Waals surface area contributed by atoms with Crippen LogP contribution in [-0.2, 0) is 4.79 Å². The Balaban J connectivity index is 0. The number of carbonyl (C=O) groups is 1. The first-order valence-electron chi connectivity index (χ1n) is 8.64. The lowest BCUT2D eigenvalue weighted by Gasteiger charge is -1.99. The Morgan fingerprint density at radius 2 is 1.19 bits per heavy atom. The van der Waals surface area contributed by atoms with Gasteiger partial charge in [-0.2, -0.15) is 0 Å². The molecule has 0 atom stereocenters. The zero-order chi connectivity index (χ0) is 14.9. The predicted molar refractivity (Wildman–Crippen MR) is 87.1 cm³/mol. The average molecular weight is 318 g/mol. The van der Waals surface area contributed by atoms with Gasteiger partial charge in [0.2, 0.25) is 0 Å². The van der Waals surface area contributed by atoms with Crippen LogP contribution in [-0.4, -0.2) is 11.1 Å². The summed E-state index contributed by atoms with van der Waals surface area (Å²) in [6.07, 6.45) is 21.2. The molecule has 0 radical (unpaired) electrons. The van der Waals surface area contributed by atoms with Gasteiger partial charge in [0, 0.05) is 6.42 Å². The molecule has 0 aromatic carbocycles. The summed E-state index contributed by atoms with van der Waals surface area (Å²) in [4.78, 5) is 10.3. The van der Waals surface area contributed by atoms with Gasteiger partial charge in [-0.05, 0) is 32.1 Å². The molecule has 0 aromatic rings. The average Bonchev–Trinajstić information content (AvgIpc) is 2.43. The Kier molecular flexibility index (Phi) is 21.1. The number of halogens is 1. The van der Waals surface area contributed by atoms with Gasteiger partial charge in [-0.15, -0.1) is 0 Å². The third-order valence-corrected chi connectivity index (χ3v) is 3.65. The first-order chi connectivity index (χ1) is 9.77. The van der Waals surface area contributed by atoms with E-state index in [-0.39, 0.29) is 12.4 Å². The molecule has 0 unspecified atom stereocenters. The fourth-order valence-corrected chi connectivity index (χ4v) is 2.35. The highest BCUT2D eigenvalue weighted by atomic mass is 35.5. The maximum absolute atomic E-state index is 10.3. The minimum atomic E-state index is -0.664. The largest absolute Gasteiger partial charge is 1.00 e. The number of carboxylic acids is 1. The van der Waals surface area contributed by atoms with Crippen LogP contribution in [0.25, 0.3) is 0 Å². The fourth-order valence-electron chi connectivity index (χ4n) is 2.35. The molecule has 0 heterocycles. The van der Waals surface area contributed by atoms with Crippen LogP contribution in [0.1, 0.15) is 96.8 Å². The van der Waals surface area contributed by atoms with Crippen molar-refractivity contribution in [2.45, 2.75) is 96.8 Å². The Hall–Kier alpha value is -0.500. The molecule has 0 bridgehead atoms. The van der Waals surface area contributed by atoms with Gasteiger partial charge in [0.25, 0.3) is 0 Å².